The number of fused-ring (bicyclic) bond motifs is 3. The van der Waals surface area contributed by atoms with Crippen molar-refractivity contribution in [1.82, 2.24) is 29.6 Å². The number of amides is 3. The number of carbonyl (C=O) groups is 4. The second-order valence-electron chi connectivity index (χ2n) is 17.4. The Labute approximate surface area is 384 Å². The summed E-state index contributed by atoms with van der Waals surface area (Å²) >= 11 is 0. The Morgan fingerprint density at radius 2 is 1.29 bits per heavy atom. The zero-order valence-electron chi connectivity index (χ0n) is 38.8. The molecule has 7 rings (SSSR count). The third-order valence-electron chi connectivity index (χ3n) is 11.4. The van der Waals surface area contributed by atoms with Crippen molar-refractivity contribution in [3.05, 3.63) is 127 Å². The number of benzene rings is 3. The number of hydrogen-bond donors (Lipinski definition) is 2. The highest BCUT2D eigenvalue weighted by molar-refractivity contribution is 5.97. The van der Waals surface area contributed by atoms with E-state index in [0.29, 0.717) is 56.0 Å². The number of hydrogen-bond acceptors (Lipinski definition) is 10. The first-order chi connectivity index (χ1) is 31.6. The summed E-state index contributed by atoms with van der Waals surface area (Å²) in [7, 11) is 3.11. The normalized spacial score (nSPS) is 14.2. The van der Waals surface area contributed by atoms with E-state index >= 15 is 0 Å². The number of nitrogens with zero attached hydrogens (tertiary/aromatic N) is 4. The van der Waals surface area contributed by atoms with Crippen LogP contribution in [0.25, 0.3) is 34.0 Å². The highest BCUT2D eigenvalue weighted by Gasteiger charge is 2.32. The molecule has 348 valence electrons. The summed E-state index contributed by atoms with van der Waals surface area (Å²) < 4.78 is 20.5. The molecule has 2 aromatic heterocycles. The van der Waals surface area contributed by atoms with E-state index in [1.54, 1.807) is 25.3 Å². The minimum Gasteiger partial charge on any atom is -0.486 e. The maximum absolute atomic E-state index is 13.4. The predicted molar refractivity (Wildman–Crippen MR) is 257 cm³/mol. The van der Waals surface area contributed by atoms with Crippen LogP contribution >= 0.6 is 0 Å². The number of pyridine rings is 2. The molecule has 2 aliphatic heterocycles. The molecular weight excluding hydrogens is 841 g/mol. The number of likely N-dealkylation sites (tertiary alicyclic amines) is 1. The first-order valence-corrected chi connectivity index (χ1v) is 22.2. The van der Waals surface area contributed by atoms with Crippen LogP contribution in [0.1, 0.15) is 61.4 Å². The maximum atomic E-state index is 13.4. The predicted octanol–water partition coefficient (Wildman–Crippen LogP) is 6.01. The third kappa shape index (κ3) is 12.4. The number of nitrogens with one attached hydrogen (secondary N) is 2. The first-order valence-electron chi connectivity index (χ1n) is 22.2. The van der Waals surface area contributed by atoms with Crippen molar-refractivity contribution < 1.29 is 33.4 Å². The van der Waals surface area contributed by atoms with Crippen LogP contribution in [0.3, 0.4) is 0 Å². The van der Waals surface area contributed by atoms with Gasteiger partial charge < -0.3 is 48.6 Å². The molecule has 3 aromatic carbocycles. The number of carbonyl (C=O) groups excluding carboxylic acids is 4. The number of piperidine rings is 1. The molecule has 1 fully saturated rings. The van der Waals surface area contributed by atoms with Gasteiger partial charge in [-0.25, -0.2) is 4.79 Å². The van der Waals surface area contributed by atoms with Crippen molar-refractivity contribution in [2.75, 3.05) is 46.9 Å². The van der Waals surface area contributed by atoms with Crippen molar-refractivity contribution in [2.24, 2.45) is 0 Å². The van der Waals surface area contributed by atoms with Crippen molar-refractivity contribution in [3.8, 4) is 11.5 Å². The van der Waals surface area contributed by atoms with Crippen molar-refractivity contribution in [2.45, 2.75) is 78.7 Å². The fourth-order valence-electron chi connectivity index (χ4n) is 8.04. The van der Waals surface area contributed by atoms with Crippen molar-refractivity contribution in [1.29, 1.82) is 0 Å². The summed E-state index contributed by atoms with van der Waals surface area (Å²) in [4.78, 5) is 76.9. The van der Waals surface area contributed by atoms with Crippen molar-refractivity contribution >= 4 is 58.2 Å². The van der Waals surface area contributed by atoms with Gasteiger partial charge in [-0.2, -0.15) is 0 Å². The second kappa shape index (κ2) is 21.8. The number of aldehydes is 1. The number of ether oxygens (including phenoxy) is 3. The van der Waals surface area contributed by atoms with Crippen molar-refractivity contribution in [3.63, 3.8) is 0 Å². The minimum atomic E-state index is -0.606. The van der Waals surface area contributed by atoms with E-state index in [1.165, 1.54) is 29.8 Å². The summed E-state index contributed by atoms with van der Waals surface area (Å²) in [5.74, 6) is 0.956. The van der Waals surface area contributed by atoms with Crippen LogP contribution in [0, 0.1) is 13.8 Å². The van der Waals surface area contributed by atoms with Crippen LogP contribution < -0.4 is 31.2 Å². The van der Waals surface area contributed by atoms with E-state index in [0.717, 1.165) is 70.2 Å². The Morgan fingerprint density at radius 3 is 1.83 bits per heavy atom. The van der Waals surface area contributed by atoms with Gasteiger partial charge in [-0.1, -0.05) is 30.3 Å². The second-order valence-corrected chi connectivity index (χ2v) is 17.4. The van der Waals surface area contributed by atoms with Gasteiger partial charge in [0.1, 0.15) is 25.1 Å². The molecule has 0 unspecified atom stereocenters. The average molecular weight is 901 g/mol. The zero-order chi connectivity index (χ0) is 47.5. The van der Waals surface area contributed by atoms with Gasteiger partial charge in [0, 0.05) is 87.9 Å². The molecule has 15 heteroatoms. The minimum absolute atomic E-state index is 0.0121. The summed E-state index contributed by atoms with van der Waals surface area (Å²) in [6.07, 6.45) is 8.06. The topological polar surface area (TPSA) is 171 Å². The number of aromatic nitrogens is 2. The molecule has 15 nitrogen and oxygen atoms in total. The Bertz CT molecular complexity index is 2780. The summed E-state index contributed by atoms with van der Waals surface area (Å²) in [6, 6.07) is 20.6. The lowest BCUT2D eigenvalue weighted by Gasteiger charge is -2.39. The lowest BCUT2D eigenvalue weighted by molar-refractivity contribution is -0.116. The Morgan fingerprint density at radius 1 is 0.742 bits per heavy atom. The van der Waals surface area contributed by atoms with Crippen LogP contribution in [0.15, 0.2) is 88.5 Å². The fourth-order valence-corrected chi connectivity index (χ4v) is 8.04. The molecule has 0 atom stereocenters. The average Bonchev–Trinajstić information content (AvgIpc) is 3.29. The zero-order valence-corrected chi connectivity index (χ0v) is 38.8. The molecule has 0 spiro atoms. The molecule has 4 heterocycles. The van der Waals surface area contributed by atoms with Crippen LogP contribution in [0.2, 0.25) is 0 Å². The first kappa shape index (κ1) is 48.5. The molecule has 3 amide bonds. The van der Waals surface area contributed by atoms with Gasteiger partial charge in [0.2, 0.25) is 11.8 Å². The van der Waals surface area contributed by atoms with E-state index in [2.05, 4.69) is 15.5 Å². The van der Waals surface area contributed by atoms with Gasteiger partial charge >= 0.3 is 6.09 Å². The van der Waals surface area contributed by atoms with Gasteiger partial charge in [0.25, 0.3) is 11.1 Å². The van der Waals surface area contributed by atoms with E-state index in [-0.39, 0.29) is 41.6 Å². The third-order valence-corrected chi connectivity index (χ3v) is 11.4. The van der Waals surface area contributed by atoms with Crippen LogP contribution in [-0.2, 0) is 38.8 Å². The highest BCUT2D eigenvalue weighted by atomic mass is 16.6. The van der Waals surface area contributed by atoms with Gasteiger partial charge in [-0.3, -0.25) is 19.2 Å². The largest absolute Gasteiger partial charge is 0.486 e. The molecule has 5 aromatic rings. The fraction of sp³-hybridized carbons (Fsp3) is 0.373. The summed E-state index contributed by atoms with van der Waals surface area (Å²) in [5.41, 5.74) is 4.95. The quantitative estimate of drug-likeness (QED) is 0.112. The molecule has 1 saturated heterocycles. The smallest absolute Gasteiger partial charge is 0.410 e. The lowest BCUT2D eigenvalue weighted by Crippen LogP contribution is -2.49. The summed E-state index contributed by atoms with van der Waals surface area (Å²) in [6.45, 7) is 13.9. The lowest BCUT2D eigenvalue weighted by atomic mass is 10.0. The van der Waals surface area contributed by atoms with E-state index in [4.69, 9.17) is 14.2 Å². The van der Waals surface area contributed by atoms with Gasteiger partial charge in [-0.15, -0.1) is 0 Å². The Balaban J connectivity index is 0.000000286. The standard InChI is InChI=1S/C35H44N4O6.C16H16N2O3/c1-24-6-9-28-26(8-11-32(40)36-5)22-33(41)38(29(28)20-24)17-16-37-14-12-27(13-15-37)39(34(42)45-35(2,3)4)23-25-7-10-30-31(21-25)44-19-18-43-30;1-11-3-5-13-12(4-6-15(20)17-2)10-16(21)18(7-8-19)14(13)9-11/h6-11,20-22,27H,12-19,23H2,1-5H3,(H,36,40);3-6,8-10H,7H2,1-2H3,(H,17,20)/b11-8+;6-4+. The Kier molecular flexibility index (Phi) is 16.0. The monoisotopic (exact) mass is 900 g/mol. The van der Waals surface area contributed by atoms with Crippen LogP contribution in [-0.4, -0.2) is 102 Å². The Hall–Kier alpha value is -7.00. The molecule has 0 saturated carbocycles. The van der Waals surface area contributed by atoms with Crippen LogP contribution in [0.5, 0.6) is 11.5 Å². The molecular formula is C51H60N6O9. The molecule has 0 aliphatic carbocycles. The molecule has 2 N–H and O–H groups in total. The SMILES string of the molecule is CNC(=O)/C=C/c1cc(=O)n(CC=O)c2cc(C)ccc12.CNC(=O)/C=C/c1cc(=O)n(CCN2CCC(N(Cc3ccc4c(c3)OCCO4)C(=O)OC(C)(C)C)CC2)c2cc(C)ccc12. The van der Waals surface area contributed by atoms with E-state index in [1.807, 2.05) is 98.7 Å². The van der Waals surface area contributed by atoms with E-state index in [9.17, 15) is 28.8 Å². The van der Waals surface area contributed by atoms with Gasteiger partial charge in [0.05, 0.1) is 17.6 Å². The molecule has 0 bridgehead atoms. The van der Waals surface area contributed by atoms with Gasteiger partial charge in [-0.05, 0) is 112 Å². The number of aryl methyl sites for hydroxylation is 2. The molecule has 0 radical (unpaired) electrons. The highest BCUT2D eigenvalue weighted by Crippen LogP contribution is 2.32. The van der Waals surface area contributed by atoms with Gasteiger partial charge in [0.15, 0.2) is 11.5 Å². The molecule has 2 aliphatic rings. The maximum Gasteiger partial charge on any atom is 0.410 e. The van der Waals surface area contributed by atoms with Crippen LogP contribution in [0.4, 0.5) is 4.79 Å². The van der Waals surface area contributed by atoms with E-state index < -0.39 is 5.60 Å². The number of rotatable bonds is 12. The molecule has 66 heavy (non-hydrogen) atoms. The summed E-state index contributed by atoms with van der Waals surface area (Å²) in [5, 5.41) is 6.80. The number of likely N-dealkylation sites (N-methyl/N-ethyl adjacent to an activating group) is 2.